The molecule has 0 aliphatic carbocycles. The van der Waals surface area contributed by atoms with Crippen molar-refractivity contribution in [2.45, 2.75) is 215 Å². The van der Waals surface area contributed by atoms with Crippen LogP contribution in [0.2, 0.25) is 0 Å². The lowest BCUT2D eigenvalue weighted by atomic mass is 9.94. The lowest BCUT2D eigenvalue weighted by Crippen LogP contribution is -2.70. The quantitative estimate of drug-likeness (QED) is 0.0571. The molecule has 0 amide bonds. The fourth-order valence-corrected chi connectivity index (χ4v) is 9.90. The summed E-state index contributed by atoms with van der Waals surface area (Å²) in [4.78, 5) is 13.2. The highest BCUT2D eigenvalue weighted by atomic mass is 16.8. The van der Waals surface area contributed by atoms with E-state index in [9.17, 15) is 122 Å². The molecular weight excluding hydrogens is 1100 g/mol. The second-order valence-electron chi connectivity index (χ2n) is 19.6. The minimum Gasteiger partial charge on any atom is -0.479 e. The van der Waals surface area contributed by atoms with Gasteiger partial charge in [-0.2, -0.15) is 0 Å². The van der Waals surface area contributed by atoms with Crippen LogP contribution >= 0.6 is 0 Å². The van der Waals surface area contributed by atoms with Gasteiger partial charge in [0.1, 0.15) is 165 Å². The van der Waals surface area contributed by atoms with Crippen LogP contribution in [0.3, 0.4) is 0 Å². The molecule has 7 saturated heterocycles. The van der Waals surface area contributed by atoms with Crippen molar-refractivity contribution < 1.29 is 184 Å². The summed E-state index contributed by atoms with van der Waals surface area (Å²) in [6.45, 7) is -6.51. The van der Waals surface area contributed by atoms with E-state index in [0.29, 0.717) is 0 Å². The Morgan fingerprint density at radius 1 is 0.266 bits per heavy atom. The first-order chi connectivity index (χ1) is 37.4. The fraction of sp³-hybridized carbons (Fsp3) is 0.976. The van der Waals surface area contributed by atoms with E-state index < -0.39 is 261 Å². The summed E-state index contributed by atoms with van der Waals surface area (Å²) in [5.74, 6) is -2.07. The third-order valence-electron chi connectivity index (χ3n) is 14.5. The zero-order valence-corrected chi connectivity index (χ0v) is 41.0. The van der Waals surface area contributed by atoms with E-state index in [1.165, 1.54) is 0 Å². The molecule has 7 rings (SSSR count). The van der Waals surface area contributed by atoms with E-state index in [0.717, 1.165) is 0 Å². The lowest BCUT2D eigenvalue weighted by molar-refractivity contribution is -0.418. The maximum Gasteiger partial charge on any atom is 0.335 e. The maximum atomic E-state index is 13.2. The molecule has 37 nitrogen and oxygen atoms in total. The van der Waals surface area contributed by atoms with Crippen LogP contribution in [0.1, 0.15) is 0 Å². The van der Waals surface area contributed by atoms with Gasteiger partial charge in [0.05, 0.1) is 39.6 Å². The largest absolute Gasteiger partial charge is 0.479 e. The number of ether oxygens (including phenoxy) is 13. The van der Waals surface area contributed by atoms with Crippen molar-refractivity contribution in [2.75, 3.05) is 39.6 Å². The van der Waals surface area contributed by atoms with Crippen LogP contribution in [-0.4, -0.2) is 378 Å². The Labute approximate surface area is 444 Å². The predicted molar refractivity (Wildman–Crippen MR) is 232 cm³/mol. The molecule has 0 aromatic rings. The minimum atomic E-state index is -2.64. The number of hydrogen-bond donors (Lipinski definition) is 23. The lowest BCUT2D eigenvalue weighted by Gasteiger charge is -2.52. The molecule has 7 aliphatic heterocycles. The topological polar surface area (TPSA) is 602 Å². The first-order valence-electron chi connectivity index (χ1n) is 24.7. The summed E-state index contributed by atoms with van der Waals surface area (Å²) in [7, 11) is 0. The molecule has 460 valence electrons. The normalized spacial score (nSPS) is 52.9. The van der Waals surface area contributed by atoms with E-state index >= 15 is 0 Å². The highest BCUT2D eigenvalue weighted by Gasteiger charge is 2.61. The van der Waals surface area contributed by atoms with Crippen LogP contribution in [0.25, 0.3) is 0 Å². The SMILES string of the molecule is O=C(O)[C@H]1O[C@@H](O[C@H]2[C@@H](O)[C@@H](CO)O[C@H](O[C@H]3[C@H](O)[C@@H](CO)OC(O)[C@H]3O[C@@H]3O[C@H](CO)[C@@H](O)[C@H](O)[C@H]3O)[C@@H]2O[C@@H]2O[C@H](CO)[C@@H](O)[C@H](O)[C@H]2O)[C@H](O)[C@@H](O[C@@H]2O[C@H](CO)[C@@H](O)[C@H](O)[C@H]2O)[C@@H]1O[C@H]1O[C@H](CO)[C@@H](O)[C@H](O)[C@H]1O. The summed E-state index contributed by atoms with van der Waals surface area (Å²) >= 11 is 0. The first kappa shape index (κ1) is 64.6. The zero-order chi connectivity index (χ0) is 58.2. The summed E-state index contributed by atoms with van der Waals surface area (Å²) < 4.78 is 73.9. The van der Waals surface area contributed by atoms with Crippen molar-refractivity contribution in [2.24, 2.45) is 0 Å². The summed E-state index contributed by atoms with van der Waals surface area (Å²) in [5.41, 5.74) is 0. The highest BCUT2D eigenvalue weighted by Crippen LogP contribution is 2.40. The number of rotatable bonds is 19. The highest BCUT2D eigenvalue weighted by molar-refractivity contribution is 5.73. The van der Waals surface area contributed by atoms with Crippen molar-refractivity contribution in [1.82, 2.24) is 0 Å². The number of carboxylic acid groups (broad SMARTS) is 1. The summed E-state index contributed by atoms with van der Waals surface area (Å²) in [6.07, 6.45) is -76.8. The molecule has 1 unspecified atom stereocenters. The maximum absolute atomic E-state index is 13.2. The van der Waals surface area contributed by atoms with Crippen LogP contribution in [0, 0.1) is 0 Å². The molecular formula is C42H70O37. The molecule has 37 heteroatoms. The van der Waals surface area contributed by atoms with E-state index in [1.807, 2.05) is 0 Å². The monoisotopic (exact) mass is 1170 g/mol. The Kier molecular flexibility index (Phi) is 22.4. The Morgan fingerprint density at radius 2 is 0.519 bits per heavy atom. The van der Waals surface area contributed by atoms with E-state index in [-0.39, 0.29) is 0 Å². The van der Waals surface area contributed by atoms with Crippen LogP contribution < -0.4 is 0 Å². The zero-order valence-electron chi connectivity index (χ0n) is 41.0. The van der Waals surface area contributed by atoms with Gasteiger partial charge < -0.3 is 179 Å². The fourth-order valence-electron chi connectivity index (χ4n) is 9.90. The predicted octanol–water partition coefficient (Wildman–Crippen LogP) is -16.2. The Hall–Kier alpha value is -1.93. The average Bonchev–Trinajstić information content (AvgIpc) is 3.47. The van der Waals surface area contributed by atoms with Gasteiger partial charge in [0.15, 0.2) is 50.1 Å². The molecule has 0 spiro atoms. The smallest absolute Gasteiger partial charge is 0.335 e. The second-order valence-corrected chi connectivity index (χ2v) is 19.6. The molecule has 35 atom stereocenters. The number of aliphatic carboxylic acids is 1. The summed E-state index contributed by atoms with van der Waals surface area (Å²) in [5, 5.41) is 246. The molecule has 7 fully saturated rings. The molecule has 0 aromatic heterocycles. The number of carboxylic acids is 1. The third kappa shape index (κ3) is 13.2. The van der Waals surface area contributed by atoms with Gasteiger partial charge in [-0.25, -0.2) is 4.79 Å². The average molecular weight is 1170 g/mol. The molecule has 79 heavy (non-hydrogen) atoms. The van der Waals surface area contributed by atoms with Gasteiger partial charge in [-0.15, -0.1) is 0 Å². The number of carbonyl (C=O) groups is 1. The minimum absolute atomic E-state index is 0.984. The van der Waals surface area contributed by atoms with Crippen LogP contribution in [0.15, 0.2) is 0 Å². The van der Waals surface area contributed by atoms with Gasteiger partial charge in [-0.1, -0.05) is 0 Å². The van der Waals surface area contributed by atoms with Crippen molar-refractivity contribution in [1.29, 1.82) is 0 Å². The van der Waals surface area contributed by atoms with Crippen LogP contribution in [0.4, 0.5) is 0 Å². The summed E-state index contributed by atoms with van der Waals surface area (Å²) in [6, 6.07) is 0. The van der Waals surface area contributed by atoms with Gasteiger partial charge in [-0.05, 0) is 0 Å². The Balaban J connectivity index is 1.29. The van der Waals surface area contributed by atoms with E-state index in [4.69, 9.17) is 61.6 Å². The molecule has 0 radical (unpaired) electrons. The first-order valence-corrected chi connectivity index (χ1v) is 24.7. The molecule has 0 bridgehead atoms. The van der Waals surface area contributed by atoms with Crippen molar-refractivity contribution >= 4 is 5.97 Å². The number of aliphatic hydroxyl groups is 22. The van der Waals surface area contributed by atoms with Crippen LogP contribution in [0.5, 0.6) is 0 Å². The Morgan fingerprint density at radius 3 is 0.873 bits per heavy atom. The van der Waals surface area contributed by atoms with Crippen molar-refractivity contribution in [3.8, 4) is 0 Å². The molecule has 7 aliphatic rings. The van der Waals surface area contributed by atoms with E-state index in [2.05, 4.69) is 0 Å². The number of hydrogen-bond acceptors (Lipinski definition) is 36. The molecule has 0 saturated carbocycles. The van der Waals surface area contributed by atoms with Crippen LogP contribution in [-0.2, 0) is 66.4 Å². The molecule has 0 aromatic carbocycles. The van der Waals surface area contributed by atoms with Gasteiger partial charge in [0, 0.05) is 0 Å². The molecule has 7 heterocycles. The third-order valence-corrected chi connectivity index (χ3v) is 14.5. The van der Waals surface area contributed by atoms with Crippen molar-refractivity contribution in [3.63, 3.8) is 0 Å². The second kappa shape index (κ2) is 27.4. The molecule has 23 N–H and O–H groups in total. The van der Waals surface area contributed by atoms with Gasteiger partial charge >= 0.3 is 5.97 Å². The van der Waals surface area contributed by atoms with Gasteiger partial charge in [0.2, 0.25) is 0 Å². The standard InChI is InChI=1S/C42H70O37/c43-1-7-13(49)19(55)23(59)37(68-7)74-30-27(63)41(77-32(35(64)65)31(30)76-38-24(60)20(56)14(50)8(2-44)69-38)73-29-18(54)12(6-48)72-42(34(29)79-40-26(62)22(58)16(52)10(4-46)71-40)75-28-17(53)11(5-47)67-36(66)33(28)78-39-25(61)21(57)15(51)9(3-45)70-39/h7-34,36-63,66H,1-6H2,(H,64,65)/t7-,8-,9-,10-,11-,12-,13-,14-,15-,16-,17-,18+,19+,20+,21+,22+,23-,24-,25-,26-,27-,28+,29+,30-,31+,32+,33+,34-,36?,37+,38-,39+,40+,41-,42-/m1/s1. The number of aliphatic hydroxyl groups excluding tert-OH is 22. The van der Waals surface area contributed by atoms with Gasteiger partial charge in [-0.3, -0.25) is 0 Å². The van der Waals surface area contributed by atoms with Crippen molar-refractivity contribution in [3.05, 3.63) is 0 Å². The van der Waals surface area contributed by atoms with Gasteiger partial charge in [0.25, 0.3) is 0 Å². The van der Waals surface area contributed by atoms with E-state index in [1.54, 1.807) is 0 Å². The Bertz CT molecular complexity index is 1890.